The van der Waals surface area contributed by atoms with Gasteiger partial charge in [-0.3, -0.25) is 9.82 Å². The number of ether oxygens (including phenoxy) is 1. The minimum absolute atomic E-state index is 0.0763. The van der Waals surface area contributed by atoms with Crippen molar-refractivity contribution in [3.05, 3.63) is 54.4 Å². The largest absolute Gasteiger partial charge is 0.471 e. The lowest BCUT2D eigenvalue weighted by Crippen LogP contribution is -2.44. The van der Waals surface area contributed by atoms with E-state index < -0.39 is 22.3 Å². The third-order valence-electron chi connectivity index (χ3n) is 5.48. The van der Waals surface area contributed by atoms with Crippen LogP contribution in [-0.2, 0) is 10.0 Å². The summed E-state index contributed by atoms with van der Waals surface area (Å²) in [4.78, 5) is 12.9. The fraction of sp³-hybridized carbons (Fsp3) is 0.273. The lowest BCUT2D eigenvalue weighted by atomic mass is 10.1. The fourth-order valence-corrected chi connectivity index (χ4v) is 4.73. The number of sulfonamides is 1. The van der Waals surface area contributed by atoms with Gasteiger partial charge in [0.2, 0.25) is 5.88 Å². The summed E-state index contributed by atoms with van der Waals surface area (Å²) in [7, 11) is -3.81. The molecule has 34 heavy (non-hydrogen) atoms. The number of aryl methyl sites for hydroxylation is 1. The third kappa shape index (κ3) is 4.41. The molecule has 0 spiro atoms. The maximum atomic E-state index is 14.4. The molecule has 10 nitrogen and oxygen atoms in total. The number of anilines is 1. The van der Waals surface area contributed by atoms with Crippen molar-refractivity contribution < 1.29 is 17.5 Å². The van der Waals surface area contributed by atoms with Crippen LogP contribution in [0.15, 0.2) is 53.7 Å². The molecule has 0 saturated carbocycles. The second-order valence-corrected chi connectivity index (χ2v) is 9.54. The van der Waals surface area contributed by atoms with E-state index in [0.717, 1.165) is 5.69 Å². The first-order valence-electron chi connectivity index (χ1n) is 10.7. The topological polar surface area (TPSA) is 135 Å². The number of H-pyrrole nitrogens is 1. The summed E-state index contributed by atoms with van der Waals surface area (Å²) in [6.07, 6.45) is 0.159. The summed E-state index contributed by atoms with van der Waals surface area (Å²) < 4.78 is 47.9. The number of nitrogens with one attached hydrogen (secondary N) is 3. The quantitative estimate of drug-likeness (QED) is 0.381. The van der Waals surface area contributed by atoms with E-state index in [1.165, 1.54) is 12.3 Å². The molecule has 1 aliphatic heterocycles. The Kier molecular flexibility index (Phi) is 5.84. The number of alkyl halides is 1. The van der Waals surface area contributed by atoms with Crippen molar-refractivity contribution in [3.63, 3.8) is 0 Å². The number of aromatic amines is 1. The number of benzene rings is 1. The van der Waals surface area contributed by atoms with Crippen LogP contribution in [0.2, 0.25) is 0 Å². The molecule has 4 aromatic rings. The molecular weight excluding hydrogens is 461 g/mol. The van der Waals surface area contributed by atoms with Gasteiger partial charge in [0.25, 0.3) is 10.0 Å². The van der Waals surface area contributed by atoms with Gasteiger partial charge >= 0.3 is 0 Å². The molecule has 12 heteroatoms. The Balaban J connectivity index is 1.44. The van der Waals surface area contributed by atoms with E-state index in [1.807, 2.05) is 6.92 Å². The van der Waals surface area contributed by atoms with Crippen molar-refractivity contribution in [2.75, 3.05) is 17.8 Å². The van der Waals surface area contributed by atoms with Crippen LogP contribution in [0.1, 0.15) is 12.1 Å². The first-order chi connectivity index (χ1) is 16.4. The average Bonchev–Trinajstić information content (AvgIpc) is 3.22. The summed E-state index contributed by atoms with van der Waals surface area (Å²) in [5, 5.41) is 10.6. The normalized spacial score (nSPS) is 18.6. The monoisotopic (exact) mass is 483 g/mol. The number of aromatic nitrogens is 5. The summed E-state index contributed by atoms with van der Waals surface area (Å²) in [6, 6.07) is 11.2. The van der Waals surface area contributed by atoms with Gasteiger partial charge in [-0.1, -0.05) is 6.07 Å². The lowest BCUT2D eigenvalue weighted by Gasteiger charge is -2.27. The highest BCUT2D eigenvalue weighted by atomic mass is 32.2. The van der Waals surface area contributed by atoms with Gasteiger partial charge in [-0.2, -0.15) is 18.5 Å². The van der Waals surface area contributed by atoms with Crippen molar-refractivity contribution in [1.29, 1.82) is 0 Å². The molecule has 3 aromatic heterocycles. The van der Waals surface area contributed by atoms with Gasteiger partial charge in [-0.25, -0.2) is 14.4 Å². The molecule has 1 saturated heterocycles. The first-order valence-corrected chi connectivity index (χ1v) is 12.2. The number of piperidine rings is 1. The van der Waals surface area contributed by atoms with Gasteiger partial charge in [-0.15, -0.1) is 0 Å². The predicted octanol–water partition coefficient (Wildman–Crippen LogP) is 2.60. The highest BCUT2D eigenvalue weighted by molar-refractivity contribution is 7.92. The van der Waals surface area contributed by atoms with E-state index in [9.17, 15) is 12.8 Å². The van der Waals surface area contributed by atoms with Crippen LogP contribution in [0.3, 0.4) is 0 Å². The summed E-state index contributed by atoms with van der Waals surface area (Å²) >= 11 is 0. The van der Waals surface area contributed by atoms with Crippen LogP contribution in [0.25, 0.3) is 22.4 Å². The minimum Gasteiger partial charge on any atom is -0.471 e. The van der Waals surface area contributed by atoms with E-state index in [4.69, 9.17) is 4.74 Å². The second-order valence-electron chi connectivity index (χ2n) is 7.92. The summed E-state index contributed by atoms with van der Waals surface area (Å²) in [5.74, 6) is 0.596. The van der Waals surface area contributed by atoms with Crippen molar-refractivity contribution >= 4 is 26.7 Å². The number of rotatable bonds is 6. The van der Waals surface area contributed by atoms with Crippen LogP contribution in [0.4, 0.5) is 10.1 Å². The van der Waals surface area contributed by atoms with Crippen LogP contribution >= 0.6 is 0 Å². The van der Waals surface area contributed by atoms with Crippen LogP contribution in [0.5, 0.6) is 5.88 Å². The zero-order valence-corrected chi connectivity index (χ0v) is 19.0. The highest BCUT2D eigenvalue weighted by Crippen LogP contribution is 2.30. The highest BCUT2D eigenvalue weighted by Gasteiger charge is 2.28. The number of nitrogens with zero attached hydrogens (tertiary/aromatic N) is 4. The summed E-state index contributed by atoms with van der Waals surface area (Å²) in [6.45, 7) is 2.71. The van der Waals surface area contributed by atoms with Crippen LogP contribution < -0.4 is 14.8 Å². The molecule has 5 rings (SSSR count). The number of hydrogen-bond acceptors (Lipinski definition) is 8. The van der Waals surface area contributed by atoms with Gasteiger partial charge in [-0.05, 0) is 56.3 Å². The molecule has 0 aliphatic carbocycles. The Labute approximate surface area is 195 Å². The van der Waals surface area contributed by atoms with Crippen molar-refractivity contribution in [2.45, 2.75) is 30.6 Å². The van der Waals surface area contributed by atoms with E-state index in [2.05, 4.69) is 35.2 Å². The number of pyridine rings is 1. The van der Waals surface area contributed by atoms with Crippen molar-refractivity contribution in [3.8, 4) is 17.3 Å². The SMILES string of the molecule is Cc1[nH]nc2nc(-c3ccc(NS(=O)(=O)c4ccccn4)cc3)nc(O[C@@H]3CCNC[C@@H]3F)c12. The Morgan fingerprint density at radius 2 is 1.97 bits per heavy atom. The molecular formula is C22H22FN7O3S. The Morgan fingerprint density at radius 3 is 2.71 bits per heavy atom. The Bertz CT molecular complexity index is 1410. The molecule has 0 bridgehead atoms. The molecule has 1 fully saturated rings. The number of hydrogen-bond donors (Lipinski definition) is 3. The zero-order chi connectivity index (χ0) is 23.7. The maximum Gasteiger partial charge on any atom is 0.279 e. The van der Waals surface area contributed by atoms with Crippen LogP contribution in [-0.4, -0.2) is 58.9 Å². The Morgan fingerprint density at radius 1 is 1.15 bits per heavy atom. The minimum atomic E-state index is -3.81. The standard InChI is InChI=1S/C22H22FN7O3S/c1-13-19-21(29-28-13)26-20(27-22(19)33-17-9-11-24-12-16(17)23)14-5-7-15(8-6-14)30-34(31,32)18-4-2-3-10-25-18/h2-8,10,16-17,24,30H,9,11-12H2,1H3,(H,26,27,28,29)/t16-,17+/m0/s1. The zero-order valence-electron chi connectivity index (χ0n) is 18.2. The van der Waals surface area contributed by atoms with Crippen molar-refractivity contribution in [2.24, 2.45) is 0 Å². The first kappa shape index (κ1) is 22.2. The third-order valence-corrected chi connectivity index (χ3v) is 6.78. The maximum absolute atomic E-state index is 14.4. The Hall–Kier alpha value is -3.64. The molecule has 3 N–H and O–H groups in total. The number of fused-ring (bicyclic) bond motifs is 1. The van der Waals surface area contributed by atoms with Gasteiger partial charge in [0.05, 0.1) is 0 Å². The summed E-state index contributed by atoms with van der Waals surface area (Å²) in [5.41, 5.74) is 2.11. The average molecular weight is 484 g/mol. The van der Waals surface area contributed by atoms with Gasteiger partial charge in [0.15, 0.2) is 16.5 Å². The van der Waals surface area contributed by atoms with Gasteiger partial charge < -0.3 is 10.1 Å². The smallest absolute Gasteiger partial charge is 0.279 e. The second kappa shape index (κ2) is 8.95. The predicted molar refractivity (Wildman–Crippen MR) is 124 cm³/mol. The lowest BCUT2D eigenvalue weighted by molar-refractivity contribution is 0.0707. The van der Waals surface area contributed by atoms with E-state index in [-0.39, 0.29) is 17.5 Å². The van der Waals surface area contributed by atoms with E-state index >= 15 is 0 Å². The number of halogens is 1. The van der Waals surface area contributed by atoms with Crippen molar-refractivity contribution in [1.82, 2.24) is 30.5 Å². The van der Waals surface area contributed by atoms with E-state index in [0.29, 0.717) is 41.1 Å². The van der Waals surface area contributed by atoms with Gasteiger partial charge in [0, 0.05) is 29.7 Å². The molecule has 0 unspecified atom stereocenters. The van der Waals surface area contributed by atoms with E-state index in [1.54, 1.807) is 36.4 Å². The molecule has 0 radical (unpaired) electrons. The van der Waals surface area contributed by atoms with Gasteiger partial charge in [0.1, 0.15) is 17.7 Å². The fourth-order valence-electron chi connectivity index (χ4n) is 3.72. The van der Waals surface area contributed by atoms with Crippen LogP contribution in [0, 0.1) is 6.92 Å². The molecule has 1 aromatic carbocycles. The molecule has 0 amide bonds. The molecule has 2 atom stereocenters. The molecule has 4 heterocycles. The molecule has 176 valence electrons. The molecule has 1 aliphatic rings.